The van der Waals surface area contributed by atoms with Gasteiger partial charge in [0.2, 0.25) is 0 Å². The molecule has 0 spiro atoms. The Morgan fingerprint density at radius 1 is 1.35 bits per heavy atom. The predicted molar refractivity (Wildman–Crippen MR) is 78.3 cm³/mol. The van der Waals surface area contributed by atoms with Crippen LogP contribution in [-0.2, 0) is 16.9 Å². The monoisotopic (exact) mass is 308 g/mol. The van der Waals surface area contributed by atoms with Crippen LogP contribution in [0.5, 0.6) is 0 Å². The predicted octanol–water partition coefficient (Wildman–Crippen LogP) is 1.83. The van der Waals surface area contributed by atoms with E-state index in [-0.39, 0.29) is 4.90 Å². The Bertz CT molecular complexity index is 963. The quantitative estimate of drug-likeness (QED) is 0.733. The lowest BCUT2D eigenvalue weighted by atomic mass is 10.3. The largest absolute Gasteiger partial charge is 0.329 e. The summed E-state index contributed by atoms with van der Waals surface area (Å²) in [5.41, 5.74) is 2.02. The normalized spacial score (nSPS) is 12.1. The van der Waals surface area contributed by atoms with E-state index < -0.39 is 9.84 Å². The molecule has 6 nitrogen and oxygen atoms in total. The lowest BCUT2D eigenvalue weighted by Crippen LogP contribution is -1.98. The van der Waals surface area contributed by atoms with Gasteiger partial charge in [0.1, 0.15) is 0 Å². The molecule has 0 saturated heterocycles. The minimum Gasteiger partial charge on any atom is -0.329 e. The molecular weight excluding hydrogens is 296 g/mol. The standard InChI is InChI=1S/C12H12N4O2S2/c1-15-7-8(6-13-15)16-9-4-3-5-10(20(2,17)18)11(9)14-12(16)19/h3-7H,1-2H3,(H,14,19). The van der Waals surface area contributed by atoms with Crippen molar-refractivity contribution in [2.24, 2.45) is 7.05 Å². The van der Waals surface area contributed by atoms with Gasteiger partial charge < -0.3 is 4.98 Å². The number of aromatic nitrogens is 4. The number of hydrogen-bond donors (Lipinski definition) is 1. The molecule has 3 rings (SSSR count). The molecule has 0 fully saturated rings. The minimum absolute atomic E-state index is 0.240. The molecule has 0 amide bonds. The van der Waals surface area contributed by atoms with Gasteiger partial charge in [-0.15, -0.1) is 0 Å². The first-order chi connectivity index (χ1) is 9.38. The number of hydrogen-bond acceptors (Lipinski definition) is 4. The average Bonchev–Trinajstić information content (AvgIpc) is 2.89. The first-order valence-corrected chi connectivity index (χ1v) is 8.11. The molecular formula is C12H12N4O2S2. The van der Waals surface area contributed by atoms with E-state index in [0.29, 0.717) is 15.8 Å². The van der Waals surface area contributed by atoms with Gasteiger partial charge in [-0.2, -0.15) is 5.10 Å². The number of aryl methyl sites for hydroxylation is 1. The maximum absolute atomic E-state index is 11.8. The topological polar surface area (TPSA) is 72.7 Å². The van der Waals surface area contributed by atoms with Crippen LogP contribution in [-0.4, -0.2) is 34.0 Å². The summed E-state index contributed by atoms with van der Waals surface area (Å²) in [6.45, 7) is 0. The van der Waals surface area contributed by atoms with Gasteiger partial charge in [-0.05, 0) is 24.4 Å². The van der Waals surface area contributed by atoms with Crippen molar-refractivity contribution in [3.8, 4) is 5.69 Å². The Morgan fingerprint density at radius 2 is 2.10 bits per heavy atom. The van der Waals surface area contributed by atoms with Crippen LogP contribution in [0.15, 0.2) is 35.5 Å². The van der Waals surface area contributed by atoms with Gasteiger partial charge in [0.15, 0.2) is 14.6 Å². The molecule has 104 valence electrons. The smallest absolute Gasteiger partial charge is 0.182 e. The second-order valence-electron chi connectivity index (χ2n) is 4.56. The Labute approximate surface area is 120 Å². The van der Waals surface area contributed by atoms with Gasteiger partial charge in [0, 0.05) is 19.5 Å². The number of fused-ring (bicyclic) bond motifs is 1. The maximum atomic E-state index is 11.8. The molecule has 0 atom stereocenters. The molecule has 0 unspecified atom stereocenters. The van der Waals surface area contributed by atoms with E-state index in [1.165, 1.54) is 6.26 Å². The van der Waals surface area contributed by atoms with E-state index in [4.69, 9.17) is 12.2 Å². The van der Waals surface area contributed by atoms with E-state index in [2.05, 4.69) is 10.1 Å². The summed E-state index contributed by atoms with van der Waals surface area (Å²) in [7, 11) is -1.51. The highest BCUT2D eigenvalue weighted by Gasteiger charge is 2.16. The number of sulfone groups is 1. The van der Waals surface area contributed by atoms with Crippen LogP contribution in [0.3, 0.4) is 0 Å². The summed E-state index contributed by atoms with van der Waals surface area (Å²) in [5.74, 6) is 0. The average molecular weight is 308 g/mol. The highest BCUT2D eigenvalue weighted by molar-refractivity contribution is 7.91. The van der Waals surface area contributed by atoms with Crippen LogP contribution in [0.2, 0.25) is 0 Å². The zero-order chi connectivity index (χ0) is 14.5. The summed E-state index contributed by atoms with van der Waals surface area (Å²) in [5, 5.41) is 4.11. The van der Waals surface area contributed by atoms with E-state index in [1.807, 2.05) is 19.3 Å². The lowest BCUT2D eigenvalue weighted by molar-refractivity contribution is 0.602. The van der Waals surface area contributed by atoms with Crippen LogP contribution >= 0.6 is 12.2 Å². The maximum Gasteiger partial charge on any atom is 0.182 e. The number of nitrogens with zero attached hydrogens (tertiary/aromatic N) is 3. The first-order valence-electron chi connectivity index (χ1n) is 5.81. The molecule has 1 aromatic carbocycles. The number of rotatable bonds is 2. The molecule has 0 aliphatic rings. The fourth-order valence-electron chi connectivity index (χ4n) is 2.19. The van der Waals surface area contributed by atoms with Crippen LogP contribution in [0.1, 0.15) is 0 Å². The number of imidazole rings is 1. The fraction of sp³-hybridized carbons (Fsp3) is 0.167. The Hall–Kier alpha value is -1.93. The SMILES string of the molecule is Cn1cc(-n2c(=S)[nH]c3c(S(C)(=O)=O)cccc32)cn1. The third-order valence-corrected chi connectivity index (χ3v) is 4.45. The van der Waals surface area contributed by atoms with Crippen LogP contribution in [0, 0.1) is 4.77 Å². The second kappa shape index (κ2) is 4.29. The molecule has 3 aromatic rings. The molecule has 0 aliphatic heterocycles. The van der Waals surface area contributed by atoms with Crippen molar-refractivity contribution in [1.29, 1.82) is 0 Å². The molecule has 20 heavy (non-hydrogen) atoms. The van der Waals surface area contributed by atoms with Crippen molar-refractivity contribution in [1.82, 2.24) is 19.3 Å². The number of nitrogens with one attached hydrogen (secondary N) is 1. The minimum atomic E-state index is -3.32. The molecule has 0 saturated carbocycles. The van der Waals surface area contributed by atoms with Gasteiger partial charge in [-0.1, -0.05) is 6.07 Å². The van der Waals surface area contributed by atoms with Gasteiger partial charge in [0.05, 0.1) is 27.8 Å². The second-order valence-corrected chi connectivity index (χ2v) is 6.93. The van der Waals surface area contributed by atoms with Gasteiger partial charge in [-0.25, -0.2) is 8.42 Å². The number of aromatic amines is 1. The van der Waals surface area contributed by atoms with Crippen LogP contribution in [0.4, 0.5) is 0 Å². The van der Waals surface area contributed by atoms with Gasteiger partial charge >= 0.3 is 0 Å². The zero-order valence-electron chi connectivity index (χ0n) is 10.9. The molecule has 2 heterocycles. The van der Waals surface area contributed by atoms with E-state index >= 15 is 0 Å². The molecule has 2 aromatic heterocycles. The number of para-hydroxylation sites is 1. The summed E-state index contributed by atoms with van der Waals surface area (Å²) >= 11 is 5.30. The van der Waals surface area contributed by atoms with Crippen molar-refractivity contribution >= 4 is 33.1 Å². The lowest BCUT2D eigenvalue weighted by Gasteiger charge is -2.02. The third-order valence-electron chi connectivity index (χ3n) is 3.03. The molecule has 0 radical (unpaired) electrons. The number of H-pyrrole nitrogens is 1. The van der Waals surface area contributed by atoms with Crippen LogP contribution < -0.4 is 0 Å². The summed E-state index contributed by atoms with van der Waals surface area (Å²) < 4.78 is 27.5. The highest BCUT2D eigenvalue weighted by Crippen LogP contribution is 2.24. The molecule has 0 aliphatic carbocycles. The summed E-state index contributed by atoms with van der Waals surface area (Å²) in [4.78, 5) is 3.21. The molecule has 0 bridgehead atoms. The molecule has 1 N–H and O–H groups in total. The molecule has 8 heteroatoms. The van der Waals surface area contributed by atoms with Crippen molar-refractivity contribution in [3.63, 3.8) is 0 Å². The highest BCUT2D eigenvalue weighted by atomic mass is 32.2. The van der Waals surface area contributed by atoms with Crippen LogP contribution in [0.25, 0.3) is 16.7 Å². The van der Waals surface area contributed by atoms with Crippen molar-refractivity contribution in [2.75, 3.05) is 6.26 Å². The third kappa shape index (κ3) is 1.97. The van der Waals surface area contributed by atoms with Crippen molar-refractivity contribution in [2.45, 2.75) is 4.90 Å². The fourth-order valence-corrected chi connectivity index (χ4v) is 3.35. The van der Waals surface area contributed by atoms with Gasteiger partial charge in [0.25, 0.3) is 0 Å². The van der Waals surface area contributed by atoms with Crippen molar-refractivity contribution < 1.29 is 8.42 Å². The Morgan fingerprint density at radius 3 is 2.70 bits per heavy atom. The summed E-state index contributed by atoms with van der Waals surface area (Å²) in [6, 6.07) is 5.09. The van der Waals surface area contributed by atoms with E-state index in [9.17, 15) is 8.42 Å². The van der Waals surface area contributed by atoms with Crippen molar-refractivity contribution in [3.05, 3.63) is 35.4 Å². The van der Waals surface area contributed by atoms with E-state index in [0.717, 1.165) is 5.69 Å². The zero-order valence-corrected chi connectivity index (χ0v) is 12.5. The number of benzene rings is 1. The van der Waals surface area contributed by atoms with E-state index in [1.54, 1.807) is 27.6 Å². The Kier molecular flexibility index (Phi) is 2.80. The Balaban J connectivity index is 2.42. The first kappa shape index (κ1) is 13.1. The summed E-state index contributed by atoms with van der Waals surface area (Å²) in [6.07, 6.45) is 4.67. The van der Waals surface area contributed by atoms with Gasteiger partial charge in [-0.3, -0.25) is 9.25 Å².